The second-order valence-corrected chi connectivity index (χ2v) is 14.2. The van der Waals surface area contributed by atoms with Gasteiger partial charge in [-0.2, -0.15) is 0 Å². The minimum absolute atomic E-state index is 0.827. The van der Waals surface area contributed by atoms with E-state index in [0.29, 0.717) is 0 Å². The Kier molecular flexibility index (Phi) is 8.26. The first kappa shape index (κ1) is 33.2. The smallest absolute Gasteiger partial charge is 0.226 e. The summed E-state index contributed by atoms with van der Waals surface area (Å²) in [5.41, 5.74) is 13.5. The summed E-state index contributed by atoms with van der Waals surface area (Å²) in [7, 11) is 0. The molecule has 8 rings (SSSR count). The fourth-order valence-corrected chi connectivity index (χ4v) is 8.44. The lowest BCUT2D eigenvalue weighted by atomic mass is 9.75. The quantitative estimate of drug-likeness (QED) is 0.162. The Labute approximate surface area is 307 Å². The third kappa shape index (κ3) is 5.38. The molecule has 0 atom stereocenters. The molecule has 0 saturated carbocycles. The molecule has 254 valence electrons. The Morgan fingerprint density at radius 1 is 0.308 bits per heavy atom. The van der Waals surface area contributed by atoms with Crippen LogP contribution in [0.2, 0.25) is 0 Å². The molecule has 0 aliphatic carbocycles. The lowest BCUT2D eigenvalue weighted by Crippen LogP contribution is -2.45. The van der Waals surface area contributed by atoms with Gasteiger partial charge in [-0.1, -0.05) is 157 Å². The van der Waals surface area contributed by atoms with E-state index in [-0.39, 0.29) is 0 Å². The summed E-state index contributed by atoms with van der Waals surface area (Å²) in [5.74, 6) is 0. The highest BCUT2D eigenvalue weighted by Crippen LogP contribution is 2.57. The SMILES string of the molecule is Cc1cc(C)c(C2(C3(c4c(C)cc(C)cc4C)N=C(c4ccccc4)C(c4ccccc4)=N3)N=C(c3ccccc3)C(c3ccccc3)=N2)c(C)c1. The normalized spacial score (nSPS) is 15.9. The average Bonchev–Trinajstić information content (AvgIpc) is 3.75. The lowest BCUT2D eigenvalue weighted by molar-refractivity contribution is 0.252. The van der Waals surface area contributed by atoms with Gasteiger partial charge >= 0.3 is 0 Å². The molecule has 0 fully saturated rings. The van der Waals surface area contributed by atoms with E-state index >= 15 is 0 Å². The predicted octanol–water partition coefficient (Wildman–Crippen LogP) is 10.5. The maximum atomic E-state index is 5.96. The van der Waals surface area contributed by atoms with Crippen molar-refractivity contribution in [3.8, 4) is 0 Å². The van der Waals surface area contributed by atoms with E-state index in [0.717, 1.165) is 78.5 Å². The van der Waals surface area contributed by atoms with Gasteiger partial charge in [0.1, 0.15) is 0 Å². The van der Waals surface area contributed by atoms with Crippen molar-refractivity contribution in [2.45, 2.75) is 52.9 Å². The second-order valence-electron chi connectivity index (χ2n) is 14.2. The molecule has 0 aromatic heterocycles. The van der Waals surface area contributed by atoms with E-state index in [1.165, 1.54) is 11.1 Å². The molecule has 0 spiro atoms. The van der Waals surface area contributed by atoms with Crippen LogP contribution in [-0.4, -0.2) is 22.8 Å². The summed E-state index contributed by atoms with van der Waals surface area (Å²) >= 11 is 0. The number of aliphatic imine (C=N–C) groups is 4. The number of hydrogen-bond acceptors (Lipinski definition) is 4. The summed E-state index contributed by atoms with van der Waals surface area (Å²) in [5, 5.41) is 0. The van der Waals surface area contributed by atoms with Crippen molar-refractivity contribution >= 4 is 22.8 Å². The van der Waals surface area contributed by atoms with Gasteiger partial charge in [0.15, 0.2) is 0 Å². The average molecular weight is 675 g/mol. The Morgan fingerprint density at radius 2 is 0.519 bits per heavy atom. The number of aryl methyl sites for hydroxylation is 6. The molecule has 4 nitrogen and oxygen atoms in total. The van der Waals surface area contributed by atoms with Crippen LogP contribution in [-0.2, 0) is 11.3 Å². The summed E-state index contributed by atoms with van der Waals surface area (Å²) in [6, 6.07) is 50.8. The molecular weight excluding hydrogens is 633 g/mol. The molecule has 0 radical (unpaired) electrons. The van der Waals surface area contributed by atoms with Gasteiger partial charge in [0.2, 0.25) is 11.3 Å². The fourth-order valence-electron chi connectivity index (χ4n) is 8.44. The number of hydrogen-bond donors (Lipinski definition) is 0. The Morgan fingerprint density at radius 3 is 0.731 bits per heavy atom. The molecule has 0 unspecified atom stereocenters. The van der Waals surface area contributed by atoms with Crippen molar-refractivity contribution in [1.82, 2.24) is 0 Å². The Bertz CT molecular complexity index is 2110. The highest BCUT2D eigenvalue weighted by molar-refractivity contribution is 6.55. The van der Waals surface area contributed by atoms with Crippen molar-refractivity contribution in [1.29, 1.82) is 0 Å². The van der Waals surface area contributed by atoms with E-state index in [2.05, 4.69) is 163 Å². The van der Waals surface area contributed by atoms with Crippen LogP contribution in [0.3, 0.4) is 0 Å². The first-order chi connectivity index (χ1) is 25.2. The van der Waals surface area contributed by atoms with Crippen molar-refractivity contribution < 1.29 is 0 Å². The van der Waals surface area contributed by atoms with Gasteiger partial charge in [-0.3, -0.25) is 0 Å². The summed E-state index contributed by atoms with van der Waals surface area (Å²) in [6.45, 7) is 13.1. The van der Waals surface area contributed by atoms with Crippen LogP contribution in [0.15, 0.2) is 166 Å². The van der Waals surface area contributed by atoms with Gasteiger partial charge in [-0.25, -0.2) is 20.0 Å². The van der Waals surface area contributed by atoms with Gasteiger partial charge in [-0.15, -0.1) is 0 Å². The van der Waals surface area contributed by atoms with Crippen LogP contribution < -0.4 is 0 Å². The van der Waals surface area contributed by atoms with Crippen molar-refractivity contribution in [3.05, 3.63) is 212 Å². The molecule has 0 bridgehead atoms. The molecule has 2 aliphatic heterocycles. The summed E-state index contributed by atoms with van der Waals surface area (Å²) in [6.07, 6.45) is 0. The van der Waals surface area contributed by atoms with Crippen molar-refractivity contribution in [3.63, 3.8) is 0 Å². The van der Waals surface area contributed by atoms with E-state index in [9.17, 15) is 0 Å². The van der Waals surface area contributed by atoms with E-state index in [4.69, 9.17) is 20.0 Å². The molecule has 2 heterocycles. The molecule has 2 aliphatic rings. The van der Waals surface area contributed by atoms with Crippen LogP contribution in [0.25, 0.3) is 0 Å². The fraction of sp³-hybridized carbons (Fsp3) is 0.167. The van der Waals surface area contributed by atoms with Crippen LogP contribution in [0.4, 0.5) is 0 Å². The first-order valence-electron chi connectivity index (χ1n) is 18.0. The predicted molar refractivity (Wildman–Crippen MR) is 217 cm³/mol. The second kappa shape index (κ2) is 13.0. The molecule has 4 heteroatoms. The molecule has 6 aromatic carbocycles. The molecule has 0 amide bonds. The van der Waals surface area contributed by atoms with Crippen LogP contribution in [0.5, 0.6) is 0 Å². The summed E-state index contributed by atoms with van der Waals surface area (Å²) < 4.78 is 0. The highest BCUT2D eigenvalue weighted by Gasteiger charge is 2.62. The van der Waals surface area contributed by atoms with Gasteiger partial charge in [0.05, 0.1) is 22.8 Å². The van der Waals surface area contributed by atoms with E-state index in [1.807, 2.05) is 24.3 Å². The minimum atomic E-state index is -1.31. The number of benzene rings is 6. The van der Waals surface area contributed by atoms with Crippen LogP contribution in [0, 0.1) is 41.5 Å². The van der Waals surface area contributed by atoms with Crippen LogP contribution in [0.1, 0.15) is 66.8 Å². The van der Waals surface area contributed by atoms with Crippen LogP contribution >= 0.6 is 0 Å². The molecule has 6 aromatic rings. The summed E-state index contributed by atoms with van der Waals surface area (Å²) in [4.78, 5) is 23.8. The topological polar surface area (TPSA) is 49.4 Å². The largest absolute Gasteiger partial charge is 0.243 e. The Hall–Kier alpha value is -6.00. The number of nitrogens with zero attached hydrogens (tertiary/aromatic N) is 4. The number of rotatable bonds is 7. The monoisotopic (exact) mass is 674 g/mol. The maximum Gasteiger partial charge on any atom is 0.226 e. The molecule has 0 saturated heterocycles. The lowest BCUT2D eigenvalue weighted by Gasteiger charge is -2.41. The first-order valence-corrected chi connectivity index (χ1v) is 18.0. The van der Waals surface area contributed by atoms with E-state index < -0.39 is 11.3 Å². The zero-order valence-electron chi connectivity index (χ0n) is 30.6. The Balaban J connectivity index is 1.61. The van der Waals surface area contributed by atoms with Gasteiger partial charge in [0, 0.05) is 33.4 Å². The molecule has 52 heavy (non-hydrogen) atoms. The third-order valence-electron chi connectivity index (χ3n) is 10.3. The minimum Gasteiger partial charge on any atom is -0.243 e. The zero-order valence-corrected chi connectivity index (χ0v) is 30.6. The highest BCUT2D eigenvalue weighted by atomic mass is 15.3. The zero-order chi connectivity index (χ0) is 36.0. The molecule has 0 N–H and O–H groups in total. The van der Waals surface area contributed by atoms with Gasteiger partial charge in [0.25, 0.3) is 0 Å². The van der Waals surface area contributed by atoms with Gasteiger partial charge in [-0.05, 0) is 63.8 Å². The standard InChI is InChI=1S/C48H42N4/c1-31-27-33(3)41(34(4)28-31)47(49-43(37-19-11-7-12-20-37)44(50-47)38-21-13-8-14-22-38)48(42-35(5)29-32(2)30-36(42)6)51-45(39-23-15-9-16-24-39)46(52-48)40-25-17-10-18-26-40/h7-30H,1-6H3. The van der Waals surface area contributed by atoms with Crippen molar-refractivity contribution in [2.75, 3.05) is 0 Å². The molecular formula is C48H42N4. The maximum absolute atomic E-state index is 5.96. The van der Waals surface area contributed by atoms with Gasteiger partial charge < -0.3 is 0 Å². The van der Waals surface area contributed by atoms with Crippen molar-refractivity contribution in [2.24, 2.45) is 20.0 Å². The van der Waals surface area contributed by atoms with E-state index in [1.54, 1.807) is 0 Å². The third-order valence-corrected chi connectivity index (χ3v) is 10.3.